The minimum absolute atomic E-state index is 0.115. The van der Waals surface area contributed by atoms with Gasteiger partial charge in [0.25, 0.3) is 5.91 Å². The summed E-state index contributed by atoms with van der Waals surface area (Å²) in [4.78, 5) is 20.2. The number of nitrogens with zero attached hydrogens (tertiary/aromatic N) is 1. The molecule has 0 fully saturated rings. The number of fused-ring (bicyclic) bond motifs is 1. The highest BCUT2D eigenvalue weighted by Crippen LogP contribution is 2.32. The van der Waals surface area contributed by atoms with Gasteiger partial charge in [-0.15, -0.1) is 0 Å². The first-order chi connectivity index (χ1) is 13.1. The normalized spacial score (nSPS) is 22.3. The van der Waals surface area contributed by atoms with Crippen LogP contribution in [0, 0.1) is 11.8 Å². The Morgan fingerprint density at radius 3 is 2.96 bits per heavy atom. The number of aliphatic hydroxyl groups is 1. The summed E-state index contributed by atoms with van der Waals surface area (Å²) in [6.07, 6.45) is 2.83. The summed E-state index contributed by atoms with van der Waals surface area (Å²) >= 11 is 0. The van der Waals surface area contributed by atoms with Gasteiger partial charge in [-0.05, 0) is 43.9 Å². The molecule has 0 aliphatic carbocycles. The summed E-state index contributed by atoms with van der Waals surface area (Å²) in [5.41, 5.74) is 1.80. The number of H-pyrrole nitrogens is 1. The van der Waals surface area contributed by atoms with Gasteiger partial charge in [-0.2, -0.15) is 0 Å². The van der Waals surface area contributed by atoms with Gasteiger partial charge >= 0.3 is 0 Å². The number of aromatic amines is 1. The molecule has 0 unspecified atom stereocenters. The van der Waals surface area contributed by atoms with Gasteiger partial charge in [0.1, 0.15) is 5.82 Å². The molecule has 1 aromatic heterocycles. The molecule has 146 valence electrons. The van der Waals surface area contributed by atoms with Gasteiger partial charge in [-0.3, -0.25) is 4.79 Å². The number of aliphatic hydroxyl groups excluding tert-OH is 1. The first-order valence-electron chi connectivity index (χ1n) is 9.45. The van der Waals surface area contributed by atoms with E-state index in [1.165, 1.54) is 0 Å². The highest BCUT2D eigenvalue weighted by atomic mass is 16.7. The van der Waals surface area contributed by atoms with Crippen LogP contribution in [0.4, 0.5) is 0 Å². The van der Waals surface area contributed by atoms with Crippen LogP contribution in [0.2, 0.25) is 0 Å². The number of ether oxygens (including phenoxy) is 2. The quantitative estimate of drug-likeness (QED) is 0.661. The van der Waals surface area contributed by atoms with E-state index in [2.05, 4.69) is 15.3 Å². The Labute approximate surface area is 158 Å². The molecule has 0 radical (unpaired) electrons. The number of allylic oxidation sites excluding steroid dienone is 1. The Hall–Kier alpha value is -2.38. The van der Waals surface area contributed by atoms with Crippen LogP contribution in [0.5, 0.6) is 0 Å². The van der Waals surface area contributed by atoms with Crippen molar-refractivity contribution in [1.82, 2.24) is 15.3 Å². The van der Waals surface area contributed by atoms with E-state index < -0.39 is 6.29 Å². The zero-order chi connectivity index (χ0) is 19.2. The fraction of sp³-hybridized carbons (Fsp3) is 0.500. The second kappa shape index (κ2) is 9.01. The predicted octanol–water partition coefficient (Wildman–Crippen LogP) is 2.48. The van der Waals surface area contributed by atoms with E-state index in [0.717, 1.165) is 17.5 Å². The van der Waals surface area contributed by atoms with Crippen molar-refractivity contribution in [3.05, 3.63) is 41.9 Å². The topological polar surface area (TPSA) is 96.5 Å². The first-order valence-corrected chi connectivity index (χ1v) is 9.45. The summed E-state index contributed by atoms with van der Waals surface area (Å²) in [7, 11) is 0. The van der Waals surface area contributed by atoms with E-state index in [9.17, 15) is 4.79 Å². The largest absolute Gasteiger partial charge is 0.459 e. The number of hydrogen-bond acceptors (Lipinski definition) is 5. The fourth-order valence-electron chi connectivity index (χ4n) is 3.38. The monoisotopic (exact) mass is 373 g/mol. The minimum Gasteiger partial charge on any atom is -0.459 e. The van der Waals surface area contributed by atoms with Crippen molar-refractivity contribution in [1.29, 1.82) is 0 Å². The maximum atomic E-state index is 12.6. The summed E-state index contributed by atoms with van der Waals surface area (Å²) in [6.45, 7) is 4.87. The Bertz CT molecular complexity index is 768. The van der Waals surface area contributed by atoms with Crippen molar-refractivity contribution in [3.63, 3.8) is 0 Å². The summed E-state index contributed by atoms with van der Waals surface area (Å²) in [6, 6.07) is 7.73. The molecule has 1 aromatic carbocycles. The van der Waals surface area contributed by atoms with Crippen molar-refractivity contribution in [2.75, 3.05) is 13.2 Å². The van der Waals surface area contributed by atoms with E-state index in [1.54, 1.807) is 0 Å². The van der Waals surface area contributed by atoms with Gasteiger partial charge in [0.05, 0.1) is 17.6 Å². The zero-order valence-corrected chi connectivity index (χ0v) is 15.8. The Balaban J connectivity index is 1.64. The molecule has 1 aliphatic heterocycles. The lowest BCUT2D eigenvalue weighted by Gasteiger charge is -2.35. The van der Waals surface area contributed by atoms with Gasteiger partial charge < -0.3 is 24.9 Å². The molecular weight excluding hydrogens is 346 g/mol. The number of amides is 1. The van der Waals surface area contributed by atoms with Gasteiger partial charge in [0, 0.05) is 19.1 Å². The highest BCUT2D eigenvalue weighted by molar-refractivity contribution is 5.91. The number of aromatic nitrogens is 2. The van der Waals surface area contributed by atoms with Gasteiger partial charge in [0.2, 0.25) is 6.29 Å². The van der Waals surface area contributed by atoms with Crippen molar-refractivity contribution >= 4 is 16.9 Å². The molecule has 2 heterocycles. The molecule has 2 aromatic rings. The van der Waals surface area contributed by atoms with E-state index in [1.807, 2.05) is 44.2 Å². The maximum absolute atomic E-state index is 12.6. The highest BCUT2D eigenvalue weighted by Gasteiger charge is 2.34. The van der Waals surface area contributed by atoms with Gasteiger partial charge in [0.15, 0.2) is 5.76 Å². The first kappa shape index (κ1) is 19.4. The van der Waals surface area contributed by atoms with Crippen molar-refractivity contribution in [2.45, 2.75) is 39.5 Å². The third-order valence-corrected chi connectivity index (χ3v) is 4.79. The van der Waals surface area contributed by atoms with Crippen molar-refractivity contribution in [3.8, 4) is 0 Å². The molecule has 3 atom stereocenters. The summed E-state index contributed by atoms with van der Waals surface area (Å²) in [5.74, 6) is 0.916. The average molecular weight is 373 g/mol. The molecule has 0 saturated heterocycles. The smallest absolute Gasteiger partial charge is 0.286 e. The Morgan fingerprint density at radius 2 is 2.22 bits per heavy atom. The van der Waals surface area contributed by atoms with E-state index in [0.29, 0.717) is 18.9 Å². The molecule has 3 N–H and O–H groups in total. The lowest BCUT2D eigenvalue weighted by molar-refractivity contribution is -0.171. The standard InChI is InChI=1S/C20H27N3O4/c1-3-26-20-14(7-6-10-24)13(2)11-17(27-20)19(25)21-12-18-22-15-8-4-5-9-16(15)23-18/h4-5,8-9,11,13-14,20,24H,3,6-7,10,12H2,1-2H3,(H,21,25)(H,22,23)/t13-,14-,20+/m0/s1. The molecular formula is C20H27N3O4. The maximum Gasteiger partial charge on any atom is 0.286 e. The van der Waals surface area contributed by atoms with E-state index in [-0.39, 0.29) is 36.7 Å². The number of benzene rings is 1. The molecule has 7 nitrogen and oxygen atoms in total. The molecule has 1 aliphatic rings. The zero-order valence-electron chi connectivity index (χ0n) is 15.8. The second-order valence-electron chi connectivity index (χ2n) is 6.74. The third kappa shape index (κ3) is 4.67. The molecule has 0 spiro atoms. The molecule has 7 heteroatoms. The molecule has 1 amide bonds. The van der Waals surface area contributed by atoms with Crippen LogP contribution in [0.15, 0.2) is 36.1 Å². The fourth-order valence-corrected chi connectivity index (χ4v) is 3.38. The minimum atomic E-state index is -0.478. The van der Waals surface area contributed by atoms with Crippen LogP contribution in [0.25, 0.3) is 11.0 Å². The van der Waals surface area contributed by atoms with Crippen LogP contribution in [0.3, 0.4) is 0 Å². The number of carbonyl (C=O) groups excluding carboxylic acids is 1. The van der Waals surface area contributed by atoms with Crippen molar-refractivity contribution < 1.29 is 19.4 Å². The molecule has 0 saturated carbocycles. The molecule has 3 rings (SSSR count). The van der Waals surface area contributed by atoms with Crippen molar-refractivity contribution in [2.24, 2.45) is 11.8 Å². The van der Waals surface area contributed by atoms with Crippen LogP contribution >= 0.6 is 0 Å². The number of imidazole rings is 1. The lowest BCUT2D eigenvalue weighted by atomic mass is 9.87. The number of rotatable bonds is 8. The van der Waals surface area contributed by atoms with Gasteiger partial charge in [-0.1, -0.05) is 19.1 Å². The number of para-hydroxylation sites is 2. The van der Waals surface area contributed by atoms with E-state index >= 15 is 0 Å². The Kier molecular flexibility index (Phi) is 6.47. The van der Waals surface area contributed by atoms with E-state index in [4.69, 9.17) is 14.6 Å². The summed E-state index contributed by atoms with van der Waals surface area (Å²) in [5, 5.41) is 11.9. The SMILES string of the molecule is CCO[C@@H]1OC(C(=O)NCc2nc3ccccc3[nH]2)=C[C@H](C)[C@@H]1CCCO. The lowest BCUT2D eigenvalue weighted by Crippen LogP contribution is -2.39. The number of hydrogen-bond donors (Lipinski definition) is 3. The van der Waals surface area contributed by atoms with Crippen LogP contribution in [-0.2, 0) is 20.8 Å². The van der Waals surface area contributed by atoms with Crippen LogP contribution in [0.1, 0.15) is 32.5 Å². The van der Waals surface area contributed by atoms with Crippen LogP contribution in [-0.4, -0.2) is 40.5 Å². The number of nitrogens with one attached hydrogen (secondary N) is 2. The average Bonchev–Trinajstić information content (AvgIpc) is 3.08. The number of carbonyl (C=O) groups is 1. The third-order valence-electron chi connectivity index (χ3n) is 4.79. The Morgan fingerprint density at radius 1 is 1.41 bits per heavy atom. The summed E-state index contributed by atoms with van der Waals surface area (Å²) < 4.78 is 11.5. The second-order valence-corrected chi connectivity index (χ2v) is 6.74. The predicted molar refractivity (Wildman–Crippen MR) is 101 cm³/mol. The molecule has 27 heavy (non-hydrogen) atoms. The van der Waals surface area contributed by atoms with Crippen LogP contribution < -0.4 is 5.32 Å². The molecule has 0 bridgehead atoms. The van der Waals surface area contributed by atoms with Gasteiger partial charge in [-0.25, -0.2) is 4.98 Å².